The Bertz CT molecular complexity index is 506. The number of rotatable bonds is 2. The third-order valence-electron chi connectivity index (χ3n) is 1.95. The minimum Gasteiger partial charge on any atom is -0.304 e. The van der Waals surface area contributed by atoms with Gasteiger partial charge in [-0.05, 0) is 24.3 Å². The zero-order valence-electron chi connectivity index (χ0n) is 8.51. The van der Waals surface area contributed by atoms with E-state index < -0.39 is 0 Å². The second-order valence-corrected chi connectivity index (χ2v) is 3.24. The molecule has 1 aromatic heterocycles. The summed E-state index contributed by atoms with van der Waals surface area (Å²) in [5.74, 6) is -0.367. The van der Waals surface area contributed by atoms with E-state index in [1.807, 2.05) is 0 Å². The van der Waals surface area contributed by atoms with Crippen molar-refractivity contribution in [2.24, 2.45) is 7.05 Å². The van der Waals surface area contributed by atoms with Crippen molar-refractivity contribution in [1.82, 2.24) is 15.0 Å². The van der Waals surface area contributed by atoms with Crippen LogP contribution in [-0.2, 0) is 7.05 Å². The third-order valence-corrected chi connectivity index (χ3v) is 1.95. The lowest BCUT2D eigenvalue weighted by Crippen LogP contribution is -2.12. The summed E-state index contributed by atoms with van der Waals surface area (Å²) < 4.78 is 14.1. The van der Waals surface area contributed by atoms with E-state index in [9.17, 15) is 9.18 Å². The van der Waals surface area contributed by atoms with Crippen LogP contribution in [0.2, 0.25) is 0 Å². The third kappa shape index (κ3) is 2.22. The quantitative estimate of drug-likeness (QED) is 0.827. The first-order valence-corrected chi connectivity index (χ1v) is 4.58. The summed E-state index contributed by atoms with van der Waals surface area (Å²) in [4.78, 5) is 11.6. The normalized spacial score (nSPS) is 10.1. The minimum atomic E-state index is -0.379. The summed E-state index contributed by atoms with van der Waals surface area (Å²) in [7, 11) is 1.69. The molecule has 5 nitrogen and oxygen atoms in total. The average molecular weight is 220 g/mol. The number of anilines is 1. The van der Waals surface area contributed by atoms with Crippen molar-refractivity contribution in [3.05, 3.63) is 41.8 Å². The highest BCUT2D eigenvalue weighted by Crippen LogP contribution is 2.06. The Morgan fingerprint density at radius 1 is 1.38 bits per heavy atom. The van der Waals surface area contributed by atoms with E-state index in [2.05, 4.69) is 15.6 Å². The summed E-state index contributed by atoms with van der Waals surface area (Å²) in [5, 5.41) is 9.92. The fraction of sp³-hybridized carbons (Fsp3) is 0.100. The smallest absolute Gasteiger partial charge is 0.256 e. The molecule has 0 aliphatic heterocycles. The predicted octanol–water partition coefficient (Wildman–Crippen LogP) is 1.21. The standard InChI is InChI=1S/C10H9FN4O/c1-15-6-9(13-14-15)12-10(16)7-2-4-8(11)5-3-7/h2-6H,1H3,(H,12,16). The molecule has 0 saturated heterocycles. The van der Waals surface area contributed by atoms with Crippen LogP contribution in [0.4, 0.5) is 10.2 Å². The molecule has 0 saturated carbocycles. The molecule has 0 aliphatic rings. The van der Waals surface area contributed by atoms with E-state index in [-0.39, 0.29) is 11.7 Å². The van der Waals surface area contributed by atoms with Crippen LogP contribution in [0, 0.1) is 5.82 Å². The molecule has 2 aromatic rings. The van der Waals surface area contributed by atoms with Gasteiger partial charge in [-0.25, -0.2) is 4.39 Å². The van der Waals surface area contributed by atoms with Gasteiger partial charge < -0.3 is 5.32 Å². The second-order valence-electron chi connectivity index (χ2n) is 3.24. The van der Waals surface area contributed by atoms with E-state index in [0.29, 0.717) is 11.4 Å². The van der Waals surface area contributed by atoms with Crippen molar-refractivity contribution >= 4 is 11.7 Å². The second kappa shape index (κ2) is 4.09. The first-order valence-electron chi connectivity index (χ1n) is 4.58. The summed E-state index contributed by atoms with van der Waals surface area (Å²) >= 11 is 0. The largest absolute Gasteiger partial charge is 0.304 e. The SMILES string of the molecule is Cn1cc(NC(=O)c2ccc(F)cc2)nn1. The van der Waals surface area contributed by atoms with Crippen LogP contribution in [0.15, 0.2) is 30.5 Å². The van der Waals surface area contributed by atoms with Gasteiger partial charge in [0.15, 0.2) is 5.82 Å². The Kier molecular flexibility index (Phi) is 2.63. The van der Waals surface area contributed by atoms with Gasteiger partial charge in [0, 0.05) is 12.6 Å². The van der Waals surface area contributed by atoms with Gasteiger partial charge in [-0.1, -0.05) is 5.21 Å². The van der Waals surface area contributed by atoms with Gasteiger partial charge in [-0.3, -0.25) is 9.48 Å². The van der Waals surface area contributed by atoms with Crippen molar-refractivity contribution in [1.29, 1.82) is 0 Å². The molecular formula is C10H9FN4O. The van der Waals surface area contributed by atoms with E-state index in [1.165, 1.54) is 28.9 Å². The summed E-state index contributed by atoms with van der Waals surface area (Å²) in [6.45, 7) is 0. The molecule has 16 heavy (non-hydrogen) atoms. The van der Waals surface area contributed by atoms with Crippen molar-refractivity contribution in [3.8, 4) is 0 Å². The van der Waals surface area contributed by atoms with Crippen LogP contribution >= 0.6 is 0 Å². The summed E-state index contributed by atoms with van der Waals surface area (Å²) in [5.41, 5.74) is 0.368. The van der Waals surface area contributed by atoms with E-state index >= 15 is 0 Å². The predicted molar refractivity (Wildman–Crippen MR) is 55.4 cm³/mol. The zero-order valence-corrected chi connectivity index (χ0v) is 8.51. The molecule has 0 fully saturated rings. The molecular weight excluding hydrogens is 211 g/mol. The van der Waals surface area contributed by atoms with Crippen molar-refractivity contribution in [2.45, 2.75) is 0 Å². The molecule has 2 rings (SSSR count). The molecule has 0 aliphatic carbocycles. The molecule has 82 valence electrons. The summed E-state index contributed by atoms with van der Waals surface area (Å²) in [6.07, 6.45) is 1.57. The molecule has 0 bridgehead atoms. The zero-order chi connectivity index (χ0) is 11.5. The Morgan fingerprint density at radius 3 is 2.62 bits per heavy atom. The van der Waals surface area contributed by atoms with Crippen LogP contribution in [0.5, 0.6) is 0 Å². The number of halogens is 1. The maximum absolute atomic E-state index is 12.6. The maximum atomic E-state index is 12.6. The number of hydrogen-bond acceptors (Lipinski definition) is 3. The van der Waals surface area contributed by atoms with Crippen LogP contribution in [-0.4, -0.2) is 20.9 Å². The van der Waals surface area contributed by atoms with Crippen LogP contribution < -0.4 is 5.32 Å². The van der Waals surface area contributed by atoms with Gasteiger partial charge in [0.2, 0.25) is 0 Å². The number of aryl methyl sites for hydroxylation is 1. The molecule has 1 heterocycles. The molecule has 6 heteroatoms. The van der Waals surface area contributed by atoms with Gasteiger partial charge in [0.05, 0.1) is 6.20 Å². The van der Waals surface area contributed by atoms with Gasteiger partial charge >= 0.3 is 0 Å². The summed E-state index contributed by atoms with van der Waals surface area (Å²) in [6, 6.07) is 5.26. The molecule has 1 N–H and O–H groups in total. The van der Waals surface area contributed by atoms with E-state index in [0.717, 1.165) is 0 Å². The number of amides is 1. The number of carbonyl (C=O) groups is 1. The lowest BCUT2D eigenvalue weighted by atomic mass is 10.2. The number of carbonyl (C=O) groups excluding carboxylic acids is 1. The number of aromatic nitrogens is 3. The van der Waals surface area contributed by atoms with E-state index in [4.69, 9.17) is 0 Å². The van der Waals surface area contributed by atoms with Crippen molar-refractivity contribution < 1.29 is 9.18 Å². The lowest BCUT2D eigenvalue weighted by molar-refractivity contribution is 0.102. The number of nitrogens with zero attached hydrogens (tertiary/aromatic N) is 3. The van der Waals surface area contributed by atoms with Crippen LogP contribution in [0.3, 0.4) is 0 Å². The molecule has 0 atom stereocenters. The topological polar surface area (TPSA) is 59.8 Å². The van der Waals surface area contributed by atoms with Gasteiger partial charge in [0.1, 0.15) is 5.82 Å². The molecule has 1 amide bonds. The monoisotopic (exact) mass is 220 g/mol. The first kappa shape index (κ1) is 10.3. The van der Waals surface area contributed by atoms with Crippen LogP contribution in [0.25, 0.3) is 0 Å². The molecule has 0 radical (unpaired) electrons. The van der Waals surface area contributed by atoms with Crippen molar-refractivity contribution in [3.63, 3.8) is 0 Å². The molecule has 0 spiro atoms. The van der Waals surface area contributed by atoms with Gasteiger partial charge in [-0.15, -0.1) is 5.10 Å². The number of hydrogen-bond donors (Lipinski definition) is 1. The maximum Gasteiger partial charge on any atom is 0.256 e. The Labute approximate surface area is 90.9 Å². The lowest BCUT2D eigenvalue weighted by Gasteiger charge is -2.00. The Hall–Kier alpha value is -2.24. The fourth-order valence-electron chi connectivity index (χ4n) is 1.19. The van der Waals surface area contributed by atoms with Gasteiger partial charge in [-0.2, -0.15) is 0 Å². The number of nitrogens with one attached hydrogen (secondary N) is 1. The fourth-order valence-corrected chi connectivity index (χ4v) is 1.19. The highest BCUT2D eigenvalue weighted by molar-refractivity contribution is 6.03. The van der Waals surface area contributed by atoms with Crippen LogP contribution in [0.1, 0.15) is 10.4 Å². The molecule has 1 aromatic carbocycles. The first-order chi connectivity index (χ1) is 7.65. The van der Waals surface area contributed by atoms with Gasteiger partial charge in [0.25, 0.3) is 5.91 Å². The molecule has 0 unspecified atom stereocenters. The number of benzene rings is 1. The average Bonchev–Trinajstić information content (AvgIpc) is 2.65. The Balaban J connectivity index is 2.11. The highest BCUT2D eigenvalue weighted by Gasteiger charge is 2.07. The van der Waals surface area contributed by atoms with Crippen molar-refractivity contribution in [2.75, 3.05) is 5.32 Å². The van der Waals surface area contributed by atoms with E-state index in [1.54, 1.807) is 13.2 Å². The minimum absolute atomic E-state index is 0.347. The highest BCUT2D eigenvalue weighted by atomic mass is 19.1. The Morgan fingerprint density at radius 2 is 2.06 bits per heavy atom.